The van der Waals surface area contributed by atoms with Crippen LogP contribution in [0.1, 0.15) is 12.6 Å². The Balaban J connectivity index is 2.36. The van der Waals surface area contributed by atoms with Gasteiger partial charge in [0, 0.05) is 24.5 Å². The van der Waals surface area contributed by atoms with Crippen molar-refractivity contribution in [3.63, 3.8) is 0 Å². The predicted octanol–water partition coefficient (Wildman–Crippen LogP) is 2.49. The topological polar surface area (TPSA) is 39.3 Å². The predicted molar refractivity (Wildman–Crippen MR) is 75.3 cm³/mol. The van der Waals surface area contributed by atoms with E-state index in [1.165, 1.54) is 0 Å². The molecule has 0 saturated heterocycles. The molecule has 3 rings (SSSR count). The molecule has 0 atom stereocenters. The molecule has 0 spiro atoms. The Hall–Kier alpha value is -2.36. The van der Waals surface area contributed by atoms with Crippen LogP contribution in [0.3, 0.4) is 0 Å². The maximum absolute atomic E-state index is 12.3. The van der Waals surface area contributed by atoms with Crippen LogP contribution in [-0.2, 0) is 6.54 Å². The van der Waals surface area contributed by atoms with E-state index in [0.717, 1.165) is 17.1 Å². The van der Waals surface area contributed by atoms with Crippen molar-refractivity contribution in [2.75, 3.05) is 0 Å². The minimum Gasteiger partial charge on any atom is -0.312 e. The normalized spacial score (nSPS) is 11.1. The Labute approximate surface area is 111 Å². The van der Waals surface area contributed by atoms with Crippen LogP contribution in [0.25, 0.3) is 16.9 Å². The monoisotopic (exact) mass is 253 g/mol. The number of fused-ring (bicyclic) bond motifs is 1. The molecule has 4 heteroatoms. The first-order valence-electron chi connectivity index (χ1n) is 6.36. The van der Waals surface area contributed by atoms with Gasteiger partial charge in [0.05, 0.1) is 5.69 Å². The molecule has 0 aliphatic rings. The van der Waals surface area contributed by atoms with Gasteiger partial charge in [-0.25, -0.2) is 4.98 Å². The van der Waals surface area contributed by atoms with Gasteiger partial charge in [-0.05, 0) is 13.8 Å². The van der Waals surface area contributed by atoms with E-state index in [1.54, 1.807) is 4.57 Å². The molecule has 0 radical (unpaired) electrons. The Morgan fingerprint density at radius 2 is 1.89 bits per heavy atom. The fourth-order valence-corrected chi connectivity index (χ4v) is 2.34. The lowest BCUT2D eigenvalue weighted by Crippen LogP contribution is -2.20. The molecule has 0 unspecified atom stereocenters. The van der Waals surface area contributed by atoms with Crippen molar-refractivity contribution in [2.45, 2.75) is 20.4 Å². The SMILES string of the molecule is CCn1ccn2c(-c3ccccc3)nc(C)c2c1=O. The number of imidazole rings is 1. The van der Waals surface area contributed by atoms with Crippen LogP contribution in [0.4, 0.5) is 0 Å². The van der Waals surface area contributed by atoms with Gasteiger partial charge >= 0.3 is 0 Å². The van der Waals surface area contributed by atoms with Crippen LogP contribution < -0.4 is 5.56 Å². The number of aryl methyl sites for hydroxylation is 2. The molecular formula is C15H15N3O. The van der Waals surface area contributed by atoms with E-state index in [0.29, 0.717) is 12.1 Å². The molecule has 0 N–H and O–H groups in total. The number of rotatable bonds is 2. The summed E-state index contributed by atoms with van der Waals surface area (Å²) in [6.07, 6.45) is 3.71. The second-order valence-electron chi connectivity index (χ2n) is 4.49. The maximum atomic E-state index is 12.3. The Bertz CT molecular complexity index is 784. The Morgan fingerprint density at radius 3 is 2.58 bits per heavy atom. The molecule has 0 aliphatic carbocycles. The third-order valence-electron chi connectivity index (χ3n) is 3.32. The van der Waals surface area contributed by atoms with Gasteiger partial charge in [0.25, 0.3) is 5.56 Å². The average Bonchev–Trinajstić information content (AvgIpc) is 2.78. The zero-order valence-electron chi connectivity index (χ0n) is 11.0. The molecular weight excluding hydrogens is 238 g/mol. The fraction of sp³-hybridized carbons (Fsp3) is 0.200. The lowest BCUT2D eigenvalue weighted by Gasteiger charge is -2.04. The van der Waals surface area contributed by atoms with Gasteiger partial charge in [-0.3, -0.25) is 9.20 Å². The van der Waals surface area contributed by atoms with E-state index in [2.05, 4.69) is 4.98 Å². The summed E-state index contributed by atoms with van der Waals surface area (Å²) in [7, 11) is 0. The second kappa shape index (κ2) is 4.39. The highest BCUT2D eigenvalue weighted by atomic mass is 16.1. The summed E-state index contributed by atoms with van der Waals surface area (Å²) >= 11 is 0. The average molecular weight is 253 g/mol. The van der Waals surface area contributed by atoms with Crippen molar-refractivity contribution >= 4 is 5.52 Å². The summed E-state index contributed by atoms with van der Waals surface area (Å²) in [6.45, 7) is 4.51. The van der Waals surface area contributed by atoms with Gasteiger partial charge in [-0.1, -0.05) is 30.3 Å². The zero-order chi connectivity index (χ0) is 13.4. The maximum Gasteiger partial charge on any atom is 0.276 e. The first kappa shape index (κ1) is 11.7. The van der Waals surface area contributed by atoms with Crippen molar-refractivity contribution in [3.8, 4) is 11.4 Å². The van der Waals surface area contributed by atoms with Crippen molar-refractivity contribution < 1.29 is 0 Å². The molecule has 0 aliphatic heterocycles. The van der Waals surface area contributed by atoms with E-state index in [1.807, 2.05) is 61.0 Å². The summed E-state index contributed by atoms with van der Waals surface area (Å²) in [6, 6.07) is 9.91. The van der Waals surface area contributed by atoms with Gasteiger partial charge in [-0.15, -0.1) is 0 Å². The van der Waals surface area contributed by atoms with E-state index < -0.39 is 0 Å². The fourth-order valence-electron chi connectivity index (χ4n) is 2.34. The highest BCUT2D eigenvalue weighted by Crippen LogP contribution is 2.20. The number of benzene rings is 1. The summed E-state index contributed by atoms with van der Waals surface area (Å²) in [4.78, 5) is 16.9. The molecule has 2 heterocycles. The van der Waals surface area contributed by atoms with Crippen LogP contribution >= 0.6 is 0 Å². The molecule has 0 bridgehead atoms. The summed E-state index contributed by atoms with van der Waals surface area (Å²) in [5.74, 6) is 0.813. The van der Waals surface area contributed by atoms with Crippen LogP contribution in [0.15, 0.2) is 47.5 Å². The van der Waals surface area contributed by atoms with Gasteiger partial charge in [-0.2, -0.15) is 0 Å². The third kappa shape index (κ3) is 1.76. The van der Waals surface area contributed by atoms with E-state index in [4.69, 9.17) is 0 Å². The first-order chi connectivity index (χ1) is 9.22. The minimum atomic E-state index is 0.0113. The van der Waals surface area contributed by atoms with Crippen LogP contribution in [0, 0.1) is 6.92 Å². The standard InChI is InChI=1S/C15H15N3O/c1-3-17-9-10-18-13(15(17)19)11(2)16-14(18)12-7-5-4-6-8-12/h4-10H,3H2,1-2H3. The number of nitrogens with zero attached hydrogens (tertiary/aromatic N) is 3. The van der Waals surface area contributed by atoms with E-state index in [-0.39, 0.29) is 5.56 Å². The quantitative estimate of drug-likeness (QED) is 0.704. The van der Waals surface area contributed by atoms with E-state index >= 15 is 0 Å². The summed E-state index contributed by atoms with van der Waals surface area (Å²) in [5, 5.41) is 0. The van der Waals surface area contributed by atoms with Crippen molar-refractivity contribution in [3.05, 3.63) is 58.8 Å². The molecule has 3 aromatic rings. The minimum absolute atomic E-state index is 0.0113. The van der Waals surface area contributed by atoms with Gasteiger partial charge in [0.2, 0.25) is 0 Å². The first-order valence-corrected chi connectivity index (χ1v) is 6.36. The van der Waals surface area contributed by atoms with Crippen molar-refractivity contribution in [2.24, 2.45) is 0 Å². The highest BCUT2D eigenvalue weighted by Gasteiger charge is 2.13. The molecule has 0 fully saturated rings. The van der Waals surface area contributed by atoms with Crippen LogP contribution in [-0.4, -0.2) is 14.0 Å². The molecule has 1 aromatic carbocycles. The van der Waals surface area contributed by atoms with Gasteiger partial charge in [0.1, 0.15) is 11.3 Å². The molecule has 0 amide bonds. The summed E-state index contributed by atoms with van der Waals surface area (Å²) in [5.41, 5.74) is 2.45. The van der Waals surface area contributed by atoms with Crippen molar-refractivity contribution in [1.82, 2.24) is 14.0 Å². The number of hydrogen-bond donors (Lipinski definition) is 0. The lowest BCUT2D eigenvalue weighted by atomic mass is 10.2. The summed E-state index contributed by atoms with van der Waals surface area (Å²) < 4.78 is 3.57. The molecule has 0 saturated carbocycles. The van der Waals surface area contributed by atoms with E-state index in [9.17, 15) is 4.79 Å². The molecule has 19 heavy (non-hydrogen) atoms. The highest BCUT2D eigenvalue weighted by molar-refractivity contribution is 5.64. The molecule has 96 valence electrons. The Morgan fingerprint density at radius 1 is 1.16 bits per heavy atom. The Kier molecular flexibility index (Phi) is 2.71. The second-order valence-corrected chi connectivity index (χ2v) is 4.49. The smallest absolute Gasteiger partial charge is 0.276 e. The molecule has 4 nitrogen and oxygen atoms in total. The van der Waals surface area contributed by atoms with Gasteiger partial charge in [0.15, 0.2) is 0 Å². The lowest BCUT2D eigenvalue weighted by molar-refractivity contribution is 0.722. The number of aromatic nitrogens is 3. The van der Waals surface area contributed by atoms with Crippen LogP contribution in [0.5, 0.6) is 0 Å². The largest absolute Gasteiger partial charge is 0.312 e. The van der Waals surface area contributed by atoms with Crippen molar-refractivity contribution in [1.29, 1.82) is 0 Å². The number of hydrogen-bond acceptors (Lipinski definition) is 2. The zero-order valence-corrected chi connectivity index (χ0v) is 11.0. The van der Waals surface area contributed by atoms with Crippen LogP contribution in [0.2, 0.25) is 0 Å². The third-order valence-corrected chi connectivity index (χ3v) is 3.32. The van der Waals surface area contributed by atoms with Gasteiger partial charge < -0.3 is 4.57 Å². The molecule has 2 aromatic heterocycles.